The number of aryl methyl sites for hydroxylation is 2. The molecular weight excluding hydrogens is 394 g/mol. The van der Waals surface area contributed by atoms with Gasteiger partial charge in [-0.25, -0.2) is 14.5 Å². The largest absolute Gasteiger partial charge is 0.357 e. The van der Waals surface area contributed by atoms with Crippen LogP contribution in [0, 0.1) is 0 Å². The summed E-state index contributed by atoms with van der Waals surface area (Å²) >= 11 is 0. The molecule has 0 atom stereocenters. The summed E-state index contributed by atoms with van der Waals surface area (Å²) < 4.78 is 3.39. The Hall–Kier alpha value is -3.10. The number of guanidine groups is 1. The molecular formula is C22H33N7O2. The van der Waals surface area contributed by atoms with Gasteiger partial charge in [0, 0.05) is 52.3 Å². The minimum Gasteiger partial charge on any atom is -0.357 e. The number of hydrogen-bond donors (Lipinski definition) is 2. The molecule has 0 bridgehead atoms. The first-order chi connectivity index (χ1) is 15.0. The second-order valence-electron chi connectivity index (χ2n) is 7.90. The van der Waals surface area contributed by atoms with Gasteiger partial charge < -0.3 is 15.5 Å². The molecule has 9 heteroatoms. The van der Waals surface area contributed by atoms with Gasteiger partial charge in [0.15, 0.2) is 5.96 Å². The SMILES string of the molecule is CCNC(=NCc1ccc(C(=O)N(C)C)cc1)NCCCn1nc2n(c1=O)CCCC2. The summed E-state index contributed by atoms with van der Waals surface area (Å²) in [6.07, 6.45) is 3.83. The van der Waals surface area contributed by atoms with Crippen LogP contribution in [0.2, 0.25) is 0 Å². The van der Waals surface area contributed by atoms with Crippen molar-refractivity contribution in [1.82, 2.24) is 29.9 Å². The van der Waals surface area contributed by atoms with E-state index in [2.05, 4.69) is 20.7 Å². The molecule has 31 heavy (non-hydrogen) atoms. The van der Waals surface area contributed by atoms with E-state index in [1.54, 1.807) is 28.2 Å². The number of aromatic nitrogens is 3. The topological polar surface area (TPSA) is 96.6 Å². The molecule has 1 aromatic carbocycles. The van der Waals surface area contributed by atoms with Crippen LogP contribution in [0.25, 0.3) is 0 Å². The molecule has 0 spiro atoms. The number of aliphatic imine (C=N–C) groups is 1. The summed E-state index contributed by atoms with van der Waals surface area (Å²) in [6.45, 7) is 5.36. The summed E-state index contributed by atoms with van der Waals surface area (Å²) in [6, 6.07) is 7.51. The van der Waals surface area contributed by atoms with Crippen molar-refractivity contribution < 1.29 is 4.79 Å². The van der Waals surface area contributed by atoms with E-state index in [9.17, 15) is 9.59 Å². The van der Waals surface area contributed by atoms with E-state index < -0.39 is 0 Å². The Morgan fingerprint density at radius 1 is 1.19 bits per heavy atom. The third kappa shape index (κ3) is 5.96. The first-order valence-electron chi connectivity index (χ1n) is 11.0. The Labute approximate surface area is 183 Å². The Kier molecular flexibility index (Phi) is 7.86. The molecule has 0 aliphatic carbocycles. The fourth-order valence-electron chi connectivity index (χ4n) is 3.55. The number of nitrogens with zero attached hydrogens (tertiary/aromatic N) is 5. The van der Waals surface area contributed by atoms with Gasteiger partial charge in [-0.2, -0.15) is 5.10 Å². The molecule has 9 nitrogen and oxygen atoms in total. The van der Waals surface area contributed by atoms with Gasteiger partial charge >= 0.3 is 5.69 Å². The van der Waals surface area contributed by atoms with Crippen molar-refractivity contribution in [2.24, 2.45) is 4.99 Å². The lowest BCUT2D eigenvalue weighted by molar-refractivity contribution is 0.0827. The van der Waals surface area contributed by atoms with Crippen molar-refractivity contribution in [1.29, 1.82) is 0 Å². The molecule has 2 aromatic rings. The van der Waals surface area contributed by atoms with Crippen molar-refractivity contribution in [3.63, 3.8) is 0 Å². The number of hydrogen-bond acceptors (Lipinski definition) is 4. The molecule has 1 aromatic heterocycles. The van der Waals surface area contributed by atoms with E-state index in [0.717, 1.165) is 56.1 Å². The van der Waals surface area contributed by atoms with Crippen molar-refractivity contribution in [2.75, 3.05) is 27.2 Å². The van der Waals surface area contributed by atoms with Crippen molar-refractivity contribution >= 4 is 11.9 Å². The quantitative estimate of drug-likeness (QED) is 0.375. The smallest absolute Gasteiger partial charge is 0.345 e. The highest BCUT2D eigenvalue weighted by Crippen LogP contribution is 2.09. The van der Waals surface area contributed by atoms with E-state index in [0.29, 0.717) is 25.2 Å². The molecule has 1 aliphatic heterocycles. The van der Waals surface area contributed by atoms with Gasteiger partial charge in [0.2, 0.25) is 0 Å². The van der Waals surface area contributed by atoms with Gasteiger partial charge in [-0.05, 0) is 43.9 Å². The maximum Gasteiger partial charge on any atom is 0.345 e. The average molecular weight is 428 g/mol. The zero-order chi connectivity index (χ0) is 22.2. The molecule has 0 saturated heterocycles. The van der Waals surface area contributed by atoms with Crippen LogP contribution in [-0.4, -0.2) is 58.3 Å². The first kappa shape index (κ1) is 22.6. The number of carbonyl (C=O) groups excluding carboxylic acids is 1. The minimum atomic E-state index is -0.0114. The van der Waals surface area contributed by atoms with Crippen molar-refractivity contribution in [3.05, 3.63) is 51.7 Å². The fourth-order valence-corrected chi connectivity index (χ4v) is 3.55. The highest BCUT2D eigenvalue weighted by molar-refractivity contribution is 5.93. The molecule has 2 heterocycles. The molecule has 0 radical (unpaired) electrons. The van der Waals surface area contributed by atoms with E-state index in [1.165, 1.54) is 0 Å². The van der Waals surface area contributed by atoms with Crippen LogP contribution in [0.4, 0.5) is 0 Å². The van der Waals surface area contributed by atoms with E-state index in [-0.39, 0.29) is 11.6 Å². The van der Waals surface area contributed by atoms with Gasteiger partial charge in [0.25, 0.3) is 5.91 Å². The third-order valence-corrected chi connectivity index (χ3v) is 5.24. The van der Waals surface area contributed by atoms with Gasteiger partial charge in [-0.3, -0.25) is 9.36 Å². The Balaban J connectivity index is 1.50. The van der Waals surface area contributed by atoms with Crippen molar-refractivity contribution in [2.45, 2.75) is 52.2 Å². The van der Waals surface area contributed by atoms with E-state index >= 15 is 0 Å². The average Bonchev–Trinajstić information content (AvgIpc) is 3.10. The summed E-state index contributed by atoms with van der Waals surface area (Å²) in [5, 5.41) is 11.0. The van der Waals surface area contributed by atoms with E-state index in [1.807, 2.05) is 31.2 Å². The number of fused-ring (bicyclic) bond motifs is 1. The Morgan fingerprint density at radius 3 is 2.65 bits per heavy atom. The molecule has 3 rings (SSSR count). The van der Waals surface area contributed by atoms with Gasteiger partial charge in [0.05, 0.1) is 6.54 Å². The number of benzene rings is 1. The molecule has 0 saturated carbocycles. The molecule has 168 valence electrons. The monoisotopic (exact) mass is 427 g/mol. The van der Waals surface area contributed by atoms with Crippen LogP contribution < -0.4 is 16.3 Å². The summed E-state index contributed by atoms with van der Waals surface area (Å²) in [4.78, 5) is 30.6. The number of amides is 1. The molecule has 1 aliphatic rings. The van der Waals surface area contributed by atoms with Crippen LogP contribution in [0.5, 0.6) is 0 Å². The molecule has 0 fully saturated rings. The van der Waals surface area contributed by atoms with Crippen LogP contribution in [0.3, 0.4) is 0 Å². The van der Waals surface area contributed by atoms with Gasteiger partial charge in [-0.1, -0.05) is 12.1 Å². The Bertz CT molecular complexity index is 957. The predicted octanol–water partition coefficient (Wildman–Crippen LogP) is 1.23. The zero-order valence-corrected chi connectivity index (χ0v) is 18.7. The minimum absolute atomic E-state index is 0.00599. The lowest BCUT2D eigenvalue weighted by Gasteiger charge is -2.12. The van der Waals surface area contributed by atoms with Crippen LogP contribution in [0.15, 0.2) is 34.1 Å². The second kappa shape index (κ2) is 10.8. The maximum absolute atomic E-state index is 12.4. The second-order valence-corrected chi connectivity index (χ2v) is 7.90. The number of carbonyl (C=O) groups is 1. The van der Waals surface area contributed by atoms with E-state index in [4.69, 9.17) is 0 Å². The molecule has 1 amide bonds. The summed E-state index contributed by atoms with van der Waals surface area (Å²) in [7, 11) is 3.48. The fraction of sp³-hybridized carbons (Fsp3) is 0.545. The van der Waals surface area contributed by atoms with Gasteiger partial charge in [0.1, 0.15) is 5.82 Å². The van der Waals surface area contributed by atoms with Gasteiger partial charge in [-0.15, -0.1) is 0 Å². The predicted molar refractivity (Wildman–Crippen MR) is 121 cm³/mol. The third-order valence-electron chi connectivity index (χ3n) is 5.24. The van der Waals surface area contributed by atoms with Crippen LogP contribution in [-0.2, 0) is 26.1 Å². The standard InChI is InChI=1S/C22H33N7O2/c1-4-23-21(25-16-17-9-11-18(12-10-17)20(30)27(2)3)24-13-7-15-29-22(31)28-14-6-5-8-19(28)26-29/h9-12H,4-8,13-16H2,1-3H3,(H2,23,24,25). The van der Waals surface area contributed by atoms with Crippen LogP contribution >= 0.6 is 0 Å². The molecule has 2 N–H and O–H groups in total. The van der Waals surface area contributed by atoms with Crippen LogP contribution in [0.1, 0.15) is 47.9 Å². The van der Waals surface area contributed by atoms with Crippen molar-refractivity contribution in [3.8, 4) is 0 Å². The Morgan fingerprint density at radius 2 is 1.97 bits per heavy atom. The normalized spacial score (nSPS) is 13.6. The molecule has 0 unspecified atom stereocenters. The summed E-state index contributed by atoms with van der Waals surface area (Å²) in [5.74, 6) is 1.63. The highest BCUT2D eigenvalue weighted by atomic mass is 16.2. The highest BCUT2D eigenvalue weighted by Gasteiger charge is 2.16. The zero-order valence-electron chi connectivity index (χ0n) is 18.7. The maximum atomic E-state index is 12.4. The lowest BCUT2D eigenvalue weighted by Crippen LogP contribution is -2.38. The lowest BCUT2D eigenvalue weighted by atomic mass is 10.1. The summed E-state index contributed by atoms with van der Waals surface area (Å²) in [5.41, 5.74) is 1.70. The number of rotatable bonds is 8. The number of nitrogens with one attached hydrogen (secondary N) is 2. The first-order valence-corrected chi connectivity index (χ1v) is 11.0.